The molecule has 0 fully saturated rings. The van der Waals surface area contributed by atoms with Gasteiger partial charge in [0.15, 0.2) is 0 Å². The van der Waals surface area contributed by atoms with Crippen LogP contribution >= 0.6 is 0 Å². The molecule has 0 aliphatic rings. The molecule has 0 spiro atoms. The van der Waals surface area contributed by atoms with Crippen LogP contribution in [0.15, 0.2) is 60.7 Å². The van der Waals surface area contributed by atoms with Crippen LogP contribution in [0.3, 0.4) is 0 Å². The number of rotatable bonds is 11. The Hall–Kier alpha value is -3.22. The van der Waals surface area contributed by atoms with Crippen LogP contribution in [0, 0.1) is 27.7 Å². The van der Waals surface area contributed by atoms with Gasteiger partial charge in [-0.05, 0) is 62.1 Å². The van der Waals surface area contributed by atoms with Crippen molar-refractivity contribution in [1.82, 2.24) is 19.6 Å². The second-order valence-corrected chi connectivity index (χ2v) is 8.80. The zero-order chi connectivity index (χ0) is 23.9. The summed E-state index contributed by atoms with van der Waals surface area (Å²) >= 11 is 0. The van der Waals surface area contributed by atoms with Gasteiger partial charge in [0, 0.05) is 11.4 Å². The molecule has 4 rings (SSSR count). The van der Waals surface area contributed by atoms with Crippen molar-refractivity contribution in [1.29, 1.82) is 0 Å². The van der Waals surface area contributed by atoms with Crippen molar-refractivity contribution in [3.05, 3.63) is 94.6 Å². The lowest BCUT2D eigenvalue weighted by Gasteiger charge is -2.09. The summed E-state index contributed by atoms with van der Waals surface area (Å²) in [5, 5.41) is 8.94. The molecule has 0 N–H and O–H groups in total. The maximum absolute atomic E-state index is 5.85. The van der Waals surface area contributed by atoms with Crippen LogP contribution in [0.25, 0.3) is 11.1 Å². The summed E-state index contributed by atoms with van der Waals surface area (Å²) in [6, 6.07) is 21.3. The van der Waals surface area contributed by atoms with Gasteiger partial charge in [-0.1, -0.05) is 48.5 Å². The summed E-state index contributed by atoms with van der Waals surface area (Å²) < 4.78 is 15.7. The average Bonchev–Trinajstić information content (AvgIpc) is 3.33. The van der Waals surface area contributed by atoms with E-state index in [9.17, 15) is 0 Å². The monoisotopic (exact) mass is 458 g/mol. The zero-order valence-corrected chi connectivity index (χ0v) is 20.6. The zero-order valence-electron chi connectivity index (χ0n) is 20.6. The highest BCUT2D eigenvalue weighted by molar-refractivity contribution is 5.63. The van der Waals surface area contributed by atoms with Crippen molar-refractivity contribution < 1.29 is 9.47 Å². The fourth-order valence-electron chi connectivity index (χ4n) is 4.07. The van der Waals surface area contributed by atoms with E-state index in [1.54, 1.807) is 0 Å². The number of aryl methyl sites for hydroxylation is 4. The second-order valence-electron chi connectivity index (χ2n) is 8.80. The van der Waals surface area contributed by atoms with Gasteiger partial charge >= 0.3 is 0 Å². The Morgan fingerprint density at radius 3 is 1.29 bits per heavy atom. The third kappa shape index (κ3) is 6.43. The Morgan fingerprint density at radius 1 is 0.588 bits per heavy atom. The van der Waals surface area contributed by atoms with Crippen LogP contribution in [0.1, 0.15) is 33.9 Å². The standard InChI is InChI=1S/C28H34N4O2/c1-21-17-23(3)31(29-21)13-15-33-19-25-5-9-27(10-6-25)28-11-7-26(8-12-28)20-34-16-14-32-24(4)18-22(2)30-32/h5-12,17-18H,13-16,19-20H2,1-4H3. The van der Waals surface area contributed by atoms with E-state index in [4.69, 9.17) is 9.47 Å². The van der Waals surface area contributed by atoms with Crippen molar-refractivity contribution in [3.63, 3.8) is 0 Å². The minimum Gasteiger partial charge on any atom is -0.375 e. The van der Waals surface area contributed by atoms with E-state index in [-0.39, 0.29) is 0 Å². The smallest absolute Gasteiger partial charge is 0.0717 e. The molecule has 0 atom stereocenters. The first kappa shape index (κ1) is 23.9. The third-order valence-corrected chi connectivity index (χ3v) is 5.88. The molecule has 0 aliphatic carbocycles. The molecule has 0 unspecified atom stereocenters. The average molecular weight is 459 g/mol. The molecule has 0 saturated heterocycles. The second kappa shape index (κ2) is 11.3. The lowest BCUT2D eigenvalue weighted by Crippen LogP contribution is -2.09. The Kier molecular flexibility index (Phi) is 7.93. The number of benzene rings is 2. The Balaban J connectivity index is 1.20. The topological polar surface area (TPSA) is 54.1 Å². The first-order chi connectivity index (χ1) is 16.5. The third-order valence-electron chi connectivity index (χ3n) is 5.88. The maximum Gasteiger partial charge on any atom is 0.0717 e. The van der Waals surface area contributed by atoms with E-state index in [2.05, 4.69) is 84.7 Å². The predicted octanol–water partition coefficient (Wildman–Crippen LogP) is 5.41. The number of nitrogens with zero attached hydrogens (tertiary/aromatic N) is 4. The van der Waals surface area contributed by atoms with Gasteiger partial charge in [0.1, 0.15) is 0 Å². The molecule has 0 amide bonds. The highest BCUT2D eigenvalue weighted by Gasteiger charge is 2.03. The summed E-state index contributed by atoms with van der Waals surface area (Å²) in [5.74, 6) is 0. The van der Waals surface area contributed by atoms with Gasteiger partial charge < -0.3 is 9.47 Å². The van der Waals surface area contributed by atoms with Crippen molar-refractivity contribution in [2.24, 2.45) is 0 Å². The molecule has 0 bridgehead atoms. The lowest BCUT2D eigenvalue weighted by atomic mass is 10.0. The van der Waals surface area contributed by atoms with Gasteiger partial charge in [-0.15, -0.1) is 0 Å². The Bertz CT molecular complexity index is 1090. The maximum atomic E-state index is 5.85. The minimum atomic E-state index is 0.605. The number of hydrogen-bond donors (Lipinski definition) is 0. The first-order valence-electron chi connectivity index (χ1n) is 11.8. The first-order valence-corrected chi connectivity index (χ1v) is 11.8. The van der Waals surface area contributed by atoms with Gasteiger partial charge in [0.2, 0.25) is 0 Å². The minimum absolute atomic E-state index is 0.605. The number of ether oxygens (including phenoxy) is 2. The van der Waals surface area contributed by atoms with Crippen molar-refractivity contribution in [2.75, 3.05) is 13.2 Å². The quantitative estimate of drug-likeness (QED) is 0.282. The van der Waals surface area contributed by atoms with Gasteiger partial charge in [0.25, 0.3) is 0 Å². The summed E-state index contributed by atoms with van der Waals surface area (Å²) in [5.41, 5.74) is 9.17. The van der Waals surface area contributed by atoms with Crippen LogP contribution in [0.5, 0.6) is 0 Å². The molecule has 2 heterocycles. The molecular weight excluding hydrogens is 424 g/mol. The summed E-state index contributed by atoms with van der Waals surface area (Å²) in [6.07, 6.45) is 0. The summed E-state index contributed by atoms with van der Waals surface area (Å²) in [6.45, 7) is 12.2. The molecule has 6 nitrogen and oxygen atoms in total. The molecule has 0 saturated carbocycles. The van der Waals surface area contributed by atoms with Gasteiger partial charge in [-0.3, -0.25) is 9.36 Å². The molecule has 2 aromatic carbocycles. The summed E-state index contributed by atoms with van der Waals surface area (Å²) in [4.78, 5) is 0. The molecule has 178 valence electrons. The van der Waals surface area contributed by atoms with E-state index in [0.717, 1.165) is 24.5 Å². The highest BCUT2D eigenvalue weighted by atomic mass is 16.5. The lowest BCUT2D eigenvalue weighted by molar-refractivity contribution is 0.110. The highest BCUT2D eigenvalue weighted by Crippen LogP contribution is 2.21. The molecular formula is C28H34N4O2. The Morgan fingerprint density at radius 2 is 0.971 bits per heavy atom. The molecule has 0 radical (unpaired) electrons. The van der Waals surface area contributed by atoms with E-state index < -0.39 is 0 Å². The van der Waals surface area contributed by atoms with Crippen LogP contribution < -0.4 is 0 Å². The fourth-order valence-corrected chi connectivity index (χ4v) is 4.07. The fraction of sp³-hybridized carbons (Fsp3) is 0.357. The van der Waals surface area contributed by atoms with Gasteiger partial charge in [-0.2, -0.15) is 10.2 Å². The van der Waals surface area contributed by atoms with E-state index >= 15 is 0 Å². The molecule has 4 aromatic rings. The van der Waals surface area contributed by atoms with E-state index in [1.165, 1.54) is 33.6 Å². The largest absolute Gasteiger partial charge is 0.375 e. The predicted molar refractivity (Wildman–Crippen MR) is 135 cm³/mol. The molecule has 6 heteroatoms. The van der Waals surface area contributed by atoms with Gasteiger partial charge in [-0.25, -0.2) is 0 Å². The molecule has 34 heavy (non-hydrogen) atoms. The molecule has 0 aliphatic heterocycles. The van der Waals surface area contributed by atoms with Crippen molar-refractivity contribution >= 4 is 0 Å². The van der Waals surface area contributed by atoms with E-state index in [1.807, 2.05) is 23.2 Å². The number of hydrogen-bond acceptors (Lipinski definition) is 4. The van der Waals surface area contributed by atoms with Crippen LogP contribution in [-0.4, -0.2) is 32.8 Å². The Labute approximate surface area is 202 Å². The van der Waals surface area contributed by atoms with Crippen molar-refractivity contribution in [2.45, 2.75) is 54.0 Å². The van der Waals surface area contributed by atoms with Gasteiger partial charge in [0.05, 0.1) is 50.9 Å². The normalized spacial score (nSPS) is 11.3. The van der Waals surface area contributed by atoms with Crippen LogP contribution in [0.4, 0.5) is 0 Å². The van der Waals surface area contributed by atoms with Crippen molar-refractivity contribution in [3.8, 4) is 11.1 Å². The summed E-state index contributed by atoms with van der Waals surface area (Å²) in [7, 11) is 0. The van der Waals surface area contributed by atoms with E-state index in [0.29, 0.717) is 26.4 Å². The number of aromatic nitrogens is 4. The van der Waals surface area contributed by atoms with Crippen LogP contribution in [-0.2, 0) is 35.8 Å². The molecule has 2 aromatic heterocycles. The SMILES string of the molecule is Cc1cc(C)n(CCOCc2ccc(-c3ccc(COCCn4nc(C)cc4C)cc3)cc2)n1. The van der Waals surface area contributed by atoms with Crippen LogP contribution in [0.2, 0.25) is 0 Å².